The van der Waals surface area contributed by atoms with Crippen LogP contribution in [0.4, 0.5) is 0 Å². The Bertz CT molecular complexity index is 371. The van der Waals surface area contributed by atoms with Gasteiger partial charge in [0.2, 0.25) is 6.54 Å². The van der Waals surface area contributed by atoms with Crippen molar-refractivity contribution in [3.05, 3.63) is 27.8 Å². The molecule has 0 unspecified atom stereocenters. The lowest BCUT2D eigenvalue weighted by molar-refractivity contribution is 0.711. The van der Waals surface area contributed by atoms with Crippen molar-refractivity contribution in [1.82, 2.24) is 9.78 Å². The molecule has 0 atom stereocenters. The molecule has 0 aromatic carbocycles. The average Bonchev–Trinajstić information content (AvgIpc) is 2.83. The smallest absolute Gasteiger partial charge is 0.244 e. The van der Waals surface area contributed by atoms with E-state index < -0.39 is 0 Å². The van der Waals surface area contributed by atoms with Crippen molar-refractivity contribution in [2.24, 2.45) is 7.05 Å². The highest BCUT2D eigenvalue weighted by Gasteiger charge is 2.31. The van der Waals surface area contributed by atoms with Crippen LogP contribution in [0.1, 0.15) is 30.0 Å². The van der Waals surface area contributed by atoms with Crippen molar-refractivity contribution in [2.45, 2.75) is 25.3 Å². The molecule has 1 aliphatic carbocycles. The van der Waals surface area contributed by atoms with Gasteiger partial charge in [-0.25, -0.2) is 6.57 Å². The van der Waals surface area contributed by atoms with Gasteiger partial charge in [-0.05, 0) is 12.8 Å². The maximum atomic E-state index is 6.83. The molecule has 3 nitrogen and oxygen atoms in total. The summed E-state index contributed by atoms with van der Waals surface area (Å²) < 4.78 is 1.82. The van der Waals surface area contributed by atoms with E-state index in [0.717, 1.165) is 5.56 Å². The third-order valence-corrected chi connectivity index (χ3v) is 2.65. The number of hydrogen-bond donors (Lipinski definition) is 0. The van der Waals surface area contributed by atoms with Crippen molar-refractivity contribution < 1.29 is 0 Å². The third kappa shape index (κ3) is 1.42. The average molecular weight is 196 g/mol. The second kappa shape index (κ2) is 3.04. The van der Waals surface area contributed by atoms with E-state index in [0.29, 0.717) is 17.6 Å². The Morgan fingerprint density at radius 1 is 1.69 bits per heavy atom. The minimum absolute atomic E-state index is 0.360. The van der Waals surface area contributed by atoms with Crippen LogP contribution in [0.3, 0.4) is 0 Å². The summed E-state index contributed by atoms with van der Waals surface area (Å²) in [5, 5.41) is 4.63. The summed E-state index contributed by atoms with van der Waals surface area (Å²) in [5.41, 5.74) is 2.10. The Morgan fingerprint density at radius 3 is 2.92 bits per heavy atom. The molecule has 0 aliphatic heterocycles. The molecule has 1 heterocycles. The molecule has 0 saturated heterocycles. The van der Waals surface area contributed by atoms with Crippen molar-refractivity contribution in [1.29, 1.82) is 0 Å². The summed E-state index contributed by atoms with van der Waals surface area (Å²) >= 11 is 5.93. The van der Waals surface area contributed by atoms with Crippen LogP contribution < -0.4 is 0 Å². The fourth-order valence-electron chi connectivity index (χ4n) is 1.64. The number of aryl methyl sites for hydroxylation is 1. The summed E-state index contributed by atoms with van der Waals surface area (Å²) in [4.78, 5) is 3.36. The summed E-state index contributed by atoms with van der Waals surface area (Å²) in [6, 6.07) is 0. The molecule has 0 N–H and O–H groups in total. The zero-order chi connectivity index (χ0) is 9.42. The number of aromatic nitrogens is 2. The molecule has 1 saturated carbocycles. The number of rotatable bonds is 2. The standard InChI is InChI=1S/C9H10ClN3/c1-11-5-7-8(6-3-4-6)13(2)12-9(7)10/h6H,3-5H2,2H3. The molecule has 4 heteroatoms. The molecule has 0 radical (unpaired) electrons. The summed E-state index contributed by atoms with van der Waals surface area (Å²) in [7, 11) is 1.90. The van der Waals surface area contributed by atoms with E-state index in [9.17, 15) is 0 Å². The van der Waals surface area contributed by atoms with Crippen molar-refractivity contribution in [3.63, 3.8) is 0 Å². The maximum Gasteiger partial charge on any atom is 0.244 e. The minimum Gasteiger partial charge on any atom is -0.312 e. The molecule has 0 amide bonds. The van der Waals surface area contributed by atoms with E-state index in [4.69, 9.17) is 18.2 Å². The van der Waals surface area contributed by atoms with Gasteiger partial charge in [0.15, 0.2) is 5.15 Å². The van der Waals surface area contributed by atoms with Crippen LogP contribution in [-0.2, 0) is 13.6 Å². The van der Waals surface area contributed by atoms with E-state index >= 15 is 0 Å². The zero-order valence-corrected chi connectivity index (χ0v) is 8.17. The predicted molar refractivity (Wildman–Crippen MR) is 50.5 cm³/mol. The van der Waals surface area contributed by atoms with Crippen LogP contribution in [0.5, 0.6) is 0 Å². The highest BCUT2D eigenvalue weighted by atomic mass is 35.5. The molecule has 1 aromatic rings. The topological polar surface area (TPSA) is 22.2 Å². The second-order valence-electron chi connectivity index (χ2n) is 3.37. The number of halogens is 1. The van der Waals surface area contributed by atoms with Crippen molar-refractivity contribution >= 4 is 11.6 Å². The van der Waals surface area contributed by atoms with E-state index in [2.05, 4.69) is 9.94 Å². The van der Waals surface area contributed by atoms with Gasteiger partial charge in [-0.3, -0.25) is 4.68 Å². The molecule has 0 bridgehead atoms. The highest BCUT2D eigenvalue weighted by Crippen LogP contribution is 2.43. The summed E-state index contributed by atoms with van der Waals surface area (Å²) in [6.45, 7) is 7.19. The lowest BCUT2D eigenvalue weighted by atomic mass is 10.2. The van der Waals surface area contributed by atoms with Crippen LogP contribution in [0.2, 0.25) is 5.15 Å². The Morgan fingerprint density at radius 2 is 2.38 bits per heavy atom. The van der Waals surface area contributed by atoms with E-state index in [-0.39, 0.29) is 0 Å². The molecule has 2 rings (SSSR count). The van der Waals surface area contributed by atoms with Gasteiger partial charge in [0.25, 0.3) is 0 Å². The van der Waals surface area contributed by atoms with Crippen LogP contribution in [-0.4, -0.2) is 9.78 Å². The third-order valence-electron chi connectivity index (χ3n) is 2.35. The van der Waals surface area contributed by atoms with E-state index in [1.165, 1.54) is 18.5 Å². The lowest BCUT2D eigenvalue weighted by Gasteiger charge is -1.98. The Labute approximate surface area is 82.1 Å². The Kier molecular flexibility index (Phi) is 2.01. The first-order chi connectivity index (χ1) is 6.24. The molecule has 1 fully saturated rings. The number of hydrogen-bond acceptors (Lipinski definition) is 1. The first-order valence-electron chi connectivity index (χ1n) is 4.28. The largest absolute Gasteiger partial charge is 0.312 e. The maximum absolute atomic E-state index is 6.83. The summed E-state index contributed by atoms with van der Waals surface area (Å²) in [6.07, 6.45) is 2.42. The van der Waals surface area contributed by atoms with Gasteiger partial charge in [0.1, 0.15) is 0 Å². The van der Waals surface area contributed by atoms with Crippen molar-refractivity contribution in [3.8, 4) is 0 Å². The van der Waals surface area contributed by atoms with Gasteiger partial charge in [-0.2, -0.15) is 5.10 Å². The molecule has 1 aromatic heterocycles. The molecule has 68 valence electrons. The fraction of sp³-hybridized carbons (Fsp3) is 0.556. The van der Waals surface area contributed by atoms with Crippen LogP contribution >= 0.6 is 11.6 Å². The highest BCUT2D eigenvalue weighted by molar-refractivity contribution is 6.30. The minimum atomic E-state index is 0.360. The quantitative estimate of drug-likeness (QED) is 0.665. The van der Waals surface area contributed by atoms with Gasteiger partial charge in [0.05, 0.1) is 11.3 Å². The van der Waals surface area contributed by atoms with Gasteiger partial charge < -0.3 is 4.85 Å². The normalized spacial score (nSPS) is 15.8. The van der Waals surface area contributed by atoms with Gasteiger partial charge in [0, 0.05) is 13.0 Å². The first-order valence-corrected chi connectivity index (χ1v) is 4.66. The molecule has 13 heavy (non-hydrogen) atoms. The SMILES string of the molecule is [C-]#[N+]Cc1c(Cl)nn(C)c1C1CC1. The van der Waals surface area contributed by atoms with E-state index in [1.54, 1.807) is 0 Å². The first kappa shape index (κ1) is 8.58. The second-order valence-corrected chi connectivity index (χ2v) is 3.73. The monoisotopic (exact) mass is 195 g/mol. The van der Waals surface area contributed by atoms with Crippen LogP contribution in [0, 0.1) is 6.57 Å². The molecule has 0 spiro atoms. The van der Waals surface area contributed by atoms with Gasteiger partial charge >= 0.3 is 0 Å². The lowest BCUT2D eigenvalue weighted by Crippen LogP contribution is -1.97. The summed E-state index contributed by atoms with van der Waals surface area (Å²) in [5.74, 6) is 0.599. The predicted octanol–water partition coefficient (Wildman–Crippen LogP) is 2.37. The number of nitrogens with zero attached hydrogens (tertiary/aromatic N) is 3. The molecule has 1 aliphatic rings. The van der Waals surface area contributed by atoms with Gasteiger partial charge in [-0.1, -0.05) is 11.6 Å². The molecular formula is C9H10ClN3. The molecular weight excluding hydrogens is 186 g/mol. The Balaban J connectivity index is 2.44. The fourth-order valence-corrected chi connectivity index (χ4v) is 1.91. The van der Waals surface area contributed by atoms with Crippen LogP contribution in [0.25, 0.3) is 4.85 Å². The Hall–Kier alpha value is -1.01. The van der Waals surface area contributed by atoms with Gasteiger partial charge in [-0.15, -0.1) is 0 Å². The van der Waals surface area contributed by atoms with E-state index in [1.807, 2.05) is 11.7 Å². The van der Waals surface area contributed by atoms with Crippen molar-refractivity contribution in [2.75, 3.05) is 0 Å². The zero-order valence-electron chi connectivity index (χ0n) is 7.42. The van der Waals surface area contributed by atoms with Crippen LogP contribution in [0.15, 0.2) is 0 Å².